The number of esters is 1. The van der Waals surface area contributed by atoms with E-state index < -0.39 is 12.1 Å². The highest BCUT2D eigenvalue weighted by Crippen LogP contribution is 2.30. The van der Waals surface area contributed by atoms with Crippen LogP contribution < -0.4 is 5.32 Å². The minimum absolute atomic E-state index is 0.182. The lowest BCUT2D eigenvalue weighted by molar-refractivity contribution is -0.200. The van der Waals surface area contributed by atoms with Gasteiger partial charge in [-0.1, -0.05) is 0 Å². The first-order chi connectivity index (χ1) is 8.98. The third-order valence-electron chi connectivity index (χ3n) is 3.61. The Morgan fingerprint density at radius 1 is 1.16 bits per heavy atom. The molecule has 1 heterocycles. The van der Waals surface area contributed by atoms with Gasteiger partial charge in [-0.05, 0) is 38.8 Å². The van der Waals surface area contributed by atoms with Crippen molar-refractivity contribution in [2.45, 2.75) is 43.9 Å². The molecule has 0 atom stereocenters. The lowest BCUT2D eigenvalue weighted by Gasteiger charge is -2.34. The molecule has 0 aromatic carbocycles. The third-order valence-corrected chi connectivity index (χ3v) is 3.61. The highest BCUT2D eigenvalue weighted by molar-refractivity contribution is 5.75. The van der Waals surface area contributed by atoms with Crippen molar-refractivity contribution in [1.29, 1.82) is 0 Å². The number of carbonyl (C=O) groups is 1. The maximum Gasteiger partial charge on any atom is 0.490 e. The summed E-state index contributed by atoms with van der Waals surface area (Å²) in [5, 5.41) is 3.26. The van der Waals surface area contributed by atoms with Gasteiger partial charge in [-0.25, -0.2) is 4.79 Å². The van der Waals surface area contributed by atoms with E-state index in [0.29, 0.717) is 18.6 Å². The SMILES string of the molecule is O=C(OCCN(C1CCNCC1)C1CC1)C(F)(F)F. The zero-order valence-corrected chi connectivity index (χ0v) is 10.7. The molecule has 2 aliphatic rings. The maximum atomic E-state index is 12.0. The summed E-state index contributed by atoms with van der Waals surface area (Å²) in [7, 11) is 0. The molecule has 0 radical (unpaired) electrons. The molecule has 1 saturated heterocycles. The largest absolute Gasteiger partial charge is 0.490 e. The van der Waals surface area contributed by atoms with E-state index in [0.717, 1.165) is 38.8 Å². The van der Waals surface area contributed by atoms with Crippen molar-refractivity contribution < 1.29 is 22.7 Å². The summed E-state index contributed by atoms with van der Waals surface area (Å²) >= 11 is 0. The molecule has 0 unspecified atom stereocenters. The number of hydrogen-bond acceptors (Lipinski definition) is 4. The average Bonchev–Trinajstić information content (AvgIpc) is 3.18. The number of piperidine rings is 1. The molecule has 0 aromatic heterocycles. The molecule has 0 spiro atoms. The third kappa shape index (κ3) is 4.35. The summed E-state index contributed by atoms with van der Waals surface area (Å²) in [5.74, 6) is -2.09. The van der Waals surface area contributed by atoms with Crippen molar-refractivity contribution >= 4 is 5.97 Å². The van der Waals surface area contributed by atoms with Gasteiger partial charge in [0.1, 0.15) is 6.61 Å². The van der Waals surface area contributed by atoms with E-state index in [4.69, 9.17) is 0 Å². The van der Waals surface area contributed by atoms with Crippen LogP contribution in [0.3, 0.4) is 0 Å². The van der Waals surface area contributed by atoms with Gasteiger partial charge in [0.05, 0.1) is 0 Å². The van der Waals surface area contributed by atoms with E-state index in [2.05, 4.69) is 15.0 Å². The second-order valence-electron chi connectivity index (χ2n) is 5.08. The number of rotatable bonds is 5. The van der Waals surface area contributed by atoms with E-state index in [1.165, 1.54) is 0 Å². The van der Waals surface area contributed by atoms with Crippen molar-refractivity contribution in [1.82, 2.24) is 10.2 Å². The molecule has 2 fully saturated rings. The molecular weight excluding hydrogens is 261 g/mol. The van der Waals surface area contributed by atoms with Crippen LogP contribution in [-0.4, -0.2) is 55.4 Å². The van der Waals surface area contributed by atoms with Gasteiger partial charge < -0.3 is 10.1 Å². The summed E-state index contributed by atoms with van der Waals surface area (Å²) in [6.45, 7) is 2.10. The van der Waals surface area contributed by atoms with Gasteiger partial charge >= 0.3 is 12.1 Å². The van der Waals surface area contributed by atoms with Crippen LogP contribution in [0.25, 0.3) is 0 Å². The quantitative estimate of drug-likeness (QED) is 0.771. The molecule has 0 bridgehead atoms. The Hall–Kier alpha value is -0.820. The van der Waals surface area contributed by atoms with Crippen molar-refractivity contribution in [2.24, 2.45) is 0 Å². The summed E-state index contributed by atoms with van der Waals surface area (Å²) in [6.07, 6.45) is -0.694. The molecule has 1 aliphatic carbocycles. The number of carbonyl (C=O) groups excluding carboxylic acids is 1. The Balaban J connectivity index is 1.76. The van der Waals surface area contributed by atoms with Gasteiger partial charge in [0, 0.05) is 18.6 Å². The van der Waals surface area contributed by atoms with Crippen LogP contribution in [0.1, 0.15) is 25.7 Å². The van der Waals surface area contributed by atoms with Crippen LogP contribution in [-0.2, 0) is 9.53 Å². The van der Waals surface area contributed by atoms with Crippen molar-refractivity contribution in [3.05, 3.63) is 0 Å². The van der Waals surface area contributed by atoms with E-state index in [1.54, 1.807) is 0 Å². The molecule has 2 rings (SSSR count). The van der Waals surface area contributed by atoms with Crippen LogP contribution >= 0.6 is 0 Å². The topological polar surface area (TPSA) is 41.6 Å². The van der Waals surface area contributed by atoms with Crippen LogP contribution in [0.4, 0.5) is 13.2 Å². The number of ether oxygens (including phenoxy) is 1. The highest BCUT2D eigenvalue weighted by atomic mass is 19.4. The molecule has 19 heavy (non-hydrogen) atoms. The van der Waals surface area contributed by atoms with Gasteiger partial charge in [0.25, 0.3) is 0 Å². The van der Waals surface area contributed by atoms with Gasteiger partial charge in [0.2, 0.25) is 0 Å². The number of alkyl halides is 3. The molecule has 1 N–H and O–H groups in total. The number of nitrogens with zero attached hydrogens (tertiary/aromatic N) is 1. The zero-order chi connectivity index (χ0) is 13.9. The minimum atomic E-state index is -4.89. The van der Waals surface area contributed by atoms with Gasteiger partial charge in [-0.2, -0.15) is 13.2 Å². The Morgan fingerprint density at radius 2 is 1.74 bits per heavy atom. The Morgan fingerprint density at radius 3 is 2.26 bits per heavy atom. The first-order valence-corrected chi connectivity index (χ1v) is 6.69. The predicted octanol–water partition coefficient (Wildman–Crippen LogP) is 1.31. The molecule has 1 saturated carbocycles. The summed E-state index contributed by atoms with van der Waals surface area (Å²) < 4.78 is 40.3. The number of halogens is 3. The molecule has 0 aromatic rings. The van der Waals surface area contributed by atoms with E-state index >= 15 is 0 Å². The maximum absolute atomic E-state index is 12.0. The number of nitrogens with one attached hydrogen (secondary N) is 1. The molecule has 110 valence electrons. The van der Waals surface area contributed by atoms with Crippen molar-refractivity contribution in [2.75, 3.05) is 26.2 Å². The summed E-state index contributed by atoms with van der Waals surface area (Å²) in [4.78, 5) is 12.8. The van der Waals surface area contributed by atoms with Crippen LogP contribution in [0.5, 0.6) is 0 Å². The lowest BCUT2D eigenvalue weighted by atomic mass is 10.0. The molecule has 1 aliphatic heterocycles. The Labute approximate surface area is 110 Å². The van der Waals surface area contributed by atoms with Gasteiger partial charge in [-0.15, -0.1) is 0 Å². The Bertz CT molecular complexity index is 313. The normalized spacial score (nSPS) is 21.7. The van der Waals surface area contributed by atoms with Crippen LogP contribution in [0, 0.1) is 0 Å². The van der Waals surface area contributed by atoms with Gasteiger partial charge in [-0.3, -0.25) is 4.90 Å². The van der Waals surface area contributed by atoms with E-state index in [1.807, 2.05) is 0 Å². The van der Waals surface area contributed by atoms with Crippen LogP contribution in [0.2, 0.25) is 0 Å². The summed E-state index contributed by atoms with van der Waals surface area (Å²) in [6, 6.07) is 0.867. The Kier molecular flexibility index (Phi) is 4.67. The van der Waals surface area contributed by atoms with Gasteiger partial charge in [0.15, 0.2) is 0 Å². The smallest absolute Gasteiger partial charge is 0.458 e. The van der Waals surface area contributed by atoms with Crippen molar-refractivity contribution in [3.8, 4) is 0 Å². The second kappa shape index (κ2) is 6.09. The van der Waals surface area contributed by atoms with E-state index in [9.17, 15) is 18.0 Å². The number of hydrogen-bond donors (Lipinski definition) is 1. The van der Waals surface area contributed by atoms with E-state index in [-0.39, 0.29) is 6.61 Å². The summed E-state index contributed by atoms with van der Waals surface area (Å²) in [5.41, 5.74) is 0. The molecule has 4 nitrogen and oxygen atoms in total. The molecule has 0 amide bonds. The average molecular weight is 280 g/mol. The fourth-order valence-corrected chi connectivity index (χ4v) is 2.53. The second-order valence-corrected chi connectivity index (χ2v) is 5.08. The standard InChI is InChI=1S/C12H19F3N2O2/c13-12(14,15)11(18)19-8-7-17(9-1-2-9)10-3-5-16-6-4-10/h9-10,16H,1-8H2. The lowest BCUT2D eigenvalue weighted by Crippen LogP contribution is -2.46. The monoisotopic (exact) mass is 280 g/mol. The molecular formula is C12H19F3N2O2. The van der Waals surface area contributed by atoms with Crippen LogP contribution in [0.15, 0.2) is 0 Å². The predicted molar refractivity (Wildman–Crippen MR) is 62.6 cm³/mol. The molecule has 7 heteroatoms. The minimum Gasteiger partial charge on any atom is -0.458 e. The first kappa shape index (κ1) is 14.6. The zero-order valence-electron chi connectivity index (χ0n) is 10.7. The van der Waals surface area contributed by atoms with Crippen molar-refractivity contribution in [3.63, 3.8) is 0 Å². The fraction of sp³-hybridized carbons (Fsp3) is 0.917. The highest BCUT2D eigenvalue weighted by Gasteiger charge is 2.41. The first-order valence-electron chi connectivity index (χ1n) is 6.69. The fourth-order valence-electron chi connectivity index (χ4n) is 2.53.